The third kappa shape index (κ3) is 4.08. The predicted octanol–water partition coefficient (Wildman–Crippen LogP) is 2.98. The molecule has 4 nitrogen and oxygen atoms in total. The highest BCUT2D eigenvalue weighted by molar-refractivity contribution is 5.85. The van der Waals surface area contributed by atoms with Crippen LogP contribution in [-0.4, -0.2) is 17.0 Å². The van der Waals surface area contributed by atoms with Gasteiger partial charge in [-0.3, -0.25) is 4.79 Å². The minimum Gasteiger partial charge on any atom is -0.479 e. The number of carbonyl (C=O) groups excluding carboxylic acids is 1. The normalized spacial score (nSPS) is 13.6. The van der Waals surface area contributed by atoms with Gasteiger partial charge in [0.15, 0.2) is 6.04 Å². The summed E-state index contributed by atoms with van der Waals surface area (Å²) in [6.45, 7) is 7.80. The molecule has 0 aliphatic rings. The summed E-state index contributed by atoms with van der Waals surface area (Å²) < 4.78 is 0. The molecule has 0 aliphatic carbocycles. The zero-order valence-corrected chi connectivity index (χ0v) is 12.6. The van der Waals surface area contributed by atoms with E-state index in [1.165, 1.54) is 0 Å². The molecule has 4 heteroatoms. The molecular weight excluding hydrogens is 254 g/mol. The summed E-state index contributed by atoms with van der Waals surface area (Å²) in [7, 11) is 0. The van der Waals surface area contributed by atoms with Gasteiger partial charge in [-0.2, -0.15) is 0 Å². The minimum absolute atomic E-state index is 0.215. The van der Waals surface area contributed by atoms with Crippen LogP contribution in [-0.2, 0) is 9.59 Å². The summed E-state index contributed by atoms with van der Waals surface area (Å²) in [6.07, 6.45) is 1.25. The number of carboxylic acids is 1. The molecule has 0 radical (unpaired) electrons. The van der Waals surface area contributed by atoms with Gasteiger partial charge in [0.2, 0.25) is 5.91 Å². The summed E-state index contributed by atoms with van der Waals surface area (Å²) in [5.41, 5.74) is 2.57. The molecule has 1 aromatic rings. The molecule has 2 unspecified atom stereocenters. The van der Waals surface area contributed by atoms with Crippen molar-refractivity contribution in [3.8, 4) is 0 Å². The average Bonchev–Trinajstić information content (AvgIpc) is 2.39. The Morgan fingerprint density at radius 3 is 2.50 bits per heavy atom. The summed E-state index contributed by atoms with van der Waals surface area (Å²) in [6, 6.07) is 4.52. The van der Waals surface area contributed by atoms with E-state index < -0.39 is 12.0 Å². The second kappa shape index (κ2) is 7.08. The Morgan fingerprint density at radius 1 is 1.30 bits per heavy atom. The van der Waals surface area contributed by atoms with Gasteiger partial charge in [0.1, 0.15) is 0 Å². The van der Waals surface area contributed by atoms with E-state index in [0.29, 0.717) is 12.0 Å². The zero-order valence-electron chi connectivity index (χ0n) is 12.6. The van der Waals surface area contributed by atoms with Crippen molar-refractivity contribution < 1.29 is 14.7 Å². The smallest absolute Gasteiger partial charge is 0.330 e. The summed E-state index contributed by atoms with van der Waals surface area (Å²) in [5, 5.41) is 12.0. The highest BCUT2D eigenvalue weighted by Crippen LogP contribution is 2.21. The van der Waals surface area contributed by atoms with Crippen LogP contribution in [0, 0.1) is 19.8 Å². The number of aryl methyl sites for hydroxylation is 1. The second-order valence-corrected chi connectivity index (χ2v) is 5.35. The lowest BCUT2D eigenvalue weighted by Crippen LogP contribution is -2.35. The van der Waals surface area contributed by atoms with E-state index in [0.717, 1.165) is 17.5 Å². The van der Waals surface area contributed by atoms with Gasteiger partial charge in [-0.05, 0) is 36.5 Å². The van der Waals surface area contributed by atoms with Crippen molar-refractivity contribution in [2.75, 3.05) is 0 Å². The van der Waals surface area contributed by atoms with Crippen molar-refractivity contribution in [1.29, 1.82) is 0 Å². The van der Waals surface area contributed by atoms with Crippen LogP contribution in [0.5, 0.6) is 0 Å². The molecular formula is C16H23NO3. The Kier molecular flexibility index (Phi) is 5.74. The first-order valence-corrected chi connectivity index (χ1v) is 6.95. The first kappa shape index (κ1) is 16.2. The minimum atomic E-state index is -1.03. The SMILES string of the molecule is CCC(C)CC(=O)NC(C(=O)O)c1cccc(C)c1C. The van der Waals surface area contributed by atoms with Crippen LogP contribution in [0.1, 0.15) is 49.4 Å². The van der Waals surface area contributed by atoms with Gasteiger partial charge in [0, 0.05) is 6.42 Å². The molecule has 2 atom stereocenters. The van der Waals surface area contributed by atoms with Gasteiger partial charge in [-0.1, -0.05) is 38.5 Å². The first-order valence-electron chi connectivity index (χ1n) is 6.95. The van der Waals surface area contributed by atoms with Gasteiger partial charge in [-0.15, -0.1) is 0 Å². The van der Waals surface area contributed by atoms with Crippen LogP contribution in [0.3, 0.4) is 0 Å². The van der Waals surface area contributed by atoms with Crippen molar-refractivity contribution in [1.82, 2.24) is 5.32 Å². The topological polar surface area (TPSA) is 66.4 Å². The number of rotatable bonds is 6. The molecule has 0 bridgehead atoms. The molecule has 0 aromatic heterocycles. The van der Waals surface area contributed by atoms with Gasteiger partial charge in [0.25, 0.3) is 0 Å². The number of aliphatic carboxylic acids is 1. The van der Waals surface area contributed by atoms with Crippen molar-refractivity contribution >= 4 is 11.9 Å². The standard InChI is InChI=1S/C16H23NO3/c1-5-10(2)9-14(18)17-15(16(19)20)13-8-6-7-11(3)12(13)4/h6-8,10,15H,5,9H2,1-4H3,(H,17,18)(H,19,20). The Labute approximate surface area is 120 Å². The monoisotopic (exact) mass is 277 g/mol. The molecule has 1 rings (SSSR count). The summed E-state index contributed by atoms with van der Waals surface area (Å²) in [4.78, 5) is 23.4. The van der Waals surface area contributed by atoms with Crippen molar-refractivity contribution in [3.63, 3.8) is 0 Å². The third-order valence-electron chi connectivity index (χ3n) is 3.74. The predicted molar refractivity (Wildman–Crippen MR) is 78.5 cm³/mol. The molecule has 0 heterocycles. The largest absolute Gasteiger partial charge is 0.479 e. The number of benzene rings is 1. The van der Waals surface area contributed by atoms with Crippen molar-refractivity contribution in [2.45, 2.75) is 46.6 Å². The quantitative estimate of drug-likeness (QED) is 0.840. The Balaban J connectivity index is 2.93. The lowest BCUT2D eigenvalue weighted by Gasteiger charge is -2.19. The lowest BCUT2D eigenvalue weighted by molar-refractivity contribution is -0.142. The molecule has 0 saturated carbocycles. The van der Waals surface area contributed by atoms with Gasteiger partial charge < -0.3 is 10.4 Å². The van der Waals surface area contributed by atoms with Crippen LogP contribution in [0.15, 0.2) is 18.2 Å². The maximum Gasteiger partial charge on any atom is 0.330 e. The molecule has 0 spiro atoms. The molecule has 2 N–H and O–H groups in total. The van der Waals surface area contributed by atoms with Crippen molar-refractivity contribution in [2.24, 2.45) is 5.92 Å². The lowest BCUT2D eigenvalue weighted by atomic mass is 9.97. The number of amides is 1. The number of hydrogen-bond acceptors (Lipinski definition) is 2. The van der Waals surface area contributed by atoms with E-state index in [2.05, 4.69) is 5.32 Å². The Hall–Kier alpha value is -1.84. The Bertz CT molecular complexity index is 496. The third-order valence-corrected chi connectivity index (χ3v) is 3.74. The van der Waals surface area contributed by atoms with Gasteiger partial charge >= 0.3 is 5.97 Å². The van der Waals surface area contributed by atoms with E-state index in [1.54, 1.807) is 6.07 Å². The first-order chi connectivity index (χ1) is 9.36. The van der Waals surface area contributed by atoms with E-state index in [9.17, 15) is 14.7 Å². The Morgan fingerprint density at radius 2 is 1.95 bits per heavy atom. The fraction of sp³-hybridized carbons (Fsp3) is 0.500. The van der Waals surface area contributed by atoms with E-state index in [1.807, 2.05) is 39.8 Å². The van der Waals surface area contributed by atoms with Crippen molar-refractivity contribution in [3.05, 3.63) is 34.9 Å². The molecule has 110 valence electrons. The highest BCUT2D eigenvalue weighted by Gasteiger charge is 2.24. The molecule has 1 aromatic carbocycles. The van der Waals surface area contributed by atoms with Gasteiger partial charge in [0.05, 0.1) is 0 Å². The highest BCUT2D eigenvalue weighted by atomic mass is 16.4. The molecule has 20 heavy (non-hydrogen) atoms. The summed E-state index contributed by atoms with van der Waals surface area (Å²) >= 11 is 0. The molecule has 0 saturated heterocycles. The molecule has 0 aliphatic heterocycles. The fourth-order valence-corrected chi connectivity index (χ4v) is 2.04. The van der Waals surface area contributed by atoms with Crippen LogP contribution in [0.4, 0.5) is 0 Å². The maximum absolute atomic E-state index is 11.9. The van der Waals surface area contributed by atoms with E-state index in [-0.39, 0.29) is 11.8 Å². The number of carboxylic acid groups (broad SMARTS) is 1. The fourth-order valence-electron chi connectivity index (χ4n) is 2.04. The molecule has 1 amide bonds. The van der Waals surface area contributed by atoms with E-state index >= 15 is 0 Å². The van der Waals surface area contributed by atoms with Gasteiger partial charge in [-0.25, -0.2) is 4.79 Å². The summed E-state index contributed by atoms with van der Waals surface area (Å²) in [5.74, 6) is -0.994. The second-order valence-electron chi connectivity index (χ2n) is 5.35. The van der Waals surface area contributed by atoms with Crippen LogP contribution >= 0.6 is 0 Å². The maximum atomic E-state index is 11.9. The number of carbonyl (C=O) groups is 2. The van der Waals surface area contributed by atoms with Crippen LogP contribution in [0.25, 0.3) is 0 Å². The van der Waals surface area contributed by atoms with Crippen LogP contribution in [0.2, 0.25) is 0 Å². The zero-order chi connectivity index (χ0) is 15.3. The molecule has 0 fully saturated rings. The van der Waals surface area contributed by atoms with E-state index in [4.69, 9.17) is 0 Å². The van der Waals surface area contributed by atoms with Crippen LogP contribution < -0.4 is 5.32 Å². The average molecular weight is 277 g/mol. The number of nitrogens with one attached hydrogen (secondary N) is 1. The number of hydrogen-bond donors (Lipinski definition) is 2.